The molecular formula is C10H10ClFINO2. The van der Waals surface area contributed by atoms with Crippen LogP contribution in [0.1, 0.15) is 6.92 Å². The molecule has 0 atom stereocenters. The average molecular weight is 358 g/mol. The van der Waals surface area contributed by atoms with Crippen LogP contribution < -0.4 is 5.32 Å². The molecule has 0 fully saturated rings. The maximum atomic E-state index is 13.6. The van der Waals surface area contributed by atoms with E-state index in [1.54, 1.807) is 29.5 Å². The van der Waals surface area contributed by atoms with Gasteiger partial charge in [-0.05, 0) is 41.6 Å². The van der Waals surface area contributed by atoms with Crippen molar-refractivity contribution in [2.24, 2.45) is 0 Å². The quantitative estimate of drug-likeness (QED) is 0.664. The molecule has 1 aromatic rings. The van der Waals surface area contributed by atoms with Crippen molar-refractivity contribution in [3.63, 3.8) is 0 Å². The van der Waals surface area contributed by atoms with E-state index >= 15 is 0 Å². The maximum Gasteiger partial charge on any atom is 0.250 e. The first-order valence-electron chi connectivity index (χ1n) is 4.57. The normalized spacial score (nSPS) is 10.2. The van der Waals surface area contributed by atoms with E-state index in [2.05, 4.69) is 5.32 Å². The molecule has 1 amide bonds. The first kappa shape index (κ1) is 13.7. The fourth-order valence-electron chi connectivity index (χ4n) is 1.00. The summed E-state index contributed by atoms with van der Waals surface area (Å²) in [7, 11) is 0. The minimum atomic E-state index is -0.530. The number of anilines is 1. The number of carbonyl (C=O) groups excluding carboxylic acids is 1. The van der Waals surface area contributed by atoms with Crippen molar-refractivity contribution in [1.29, 1.82) is 0 Å². The van der Waals surface area contributed by atoms with E-state index in [0.29, 0.717) is 11.6 Å². The second-order valence-corrected chi connectivity index (χ2v) is 4.39. The van der Waals surface area contributed by atoms with Crippen LogP contribution in [0.4, 0.5) is 10.1 Å². The van der Waals surface area contributed by atoms with E-state index < -0.39 is 5.82 Å². The molecular weight excluding hydrogens is 347 g/mol. The molecule has 88 valence electrons. The molecule has 0 aliphatic carbocycles. The van der Waals surface area contributed by atoms with Crippen molar-refractivity contribution in [2.45, 2.75) is 6.92 Å². The van der Waals surface area contributed by atoms with Gasteiger partial charge in [0.1, 0.15) is 6.61 Å². The summed E-state index contributed by atoms with van der Waals surface area (Å²) in [5, 5.41) is 2.73. The molecule has 3 nitrogen and oxygen atoms in total. The largest absolute Gasteiger partial charge is 0.372 e. The van der Waals surface area contributed by atoms with Gasteiger partial charge in [0.05, 0.1) is 14.3 Å². The number of ether oxygens (including phenoxy) is 1. The van der Waals surface area contributed by atoms with Gasteiger partial charge < -0.3 is 10.1 Å². The lowest BCUT2D eigenvalue weighted by Gasteiger charge is -2.08. The van der Waals surface area contributed by atoms with Gasteiger partial charge in [-0.15, -0.1) is 0 Å². The fourth-order valence-corrected chi connectivity index (χ4v) is 1.62. The highest BCUT2D eigenvalue weighted by molar-refractivity contribution is 14.1. The summed E-state index contributed by atoms with van der Waals surface area (Å²) in [5.74, 6) is -0.920. The number of benzene rings is 1. The Balaban J connectivity index is 2.74. The van der Waals surface area contributed by atoms with Crippen molar-refractivity contribution in [2.75, 3.05) is 18.5 Å². The Morgan fingerprint density at radius 3 is 2.94 bits per heavy atom. The molecule has 0 heterocycles. The Labute approximate surface area is 111 Å². The second-order valence-electron chi connectivity index (χ2n) is 2.91. The second kappa shape index (κ2) is 6.36. The zero-order chi connectivity index (χ0) is 12.1. The van der Waals surface area contributed by atoms with E-state index in [1.807, 2.05) is 0 Å². The predicted molar refractivity (Wildman–Crippen MR) is 69.2 cm³/mol. The van der Waals surface area contributed by atoms with Crippen molar-refractivity contribution >= 4 is 45.8 Å². The summed E-state index contributed by atoms with van der Waals surface area (Å²) in [4.78, 5) is 11.3. The molecule has 0 saturated carbocycles. The fraction of sp³-hybridized carbons (Fsp3) is 0.300. The summed E-state index contributed by atoms with van der Waals surface area (Å²) in [6, 6.07) is 2.95. The monoisotopic (exact) mass is 357 g/mol. The number of hydrogen-bond donors (Lipinski definition) is 1. The molecule has 0 unspecified atom stereocenters. The first-order valence-corrected chi connectivity index (χ1v) is 6.03. The Morgan fingerprint density at radius 2 is 2.31 bits per heavy atom. The Hall–Kier alpha value is -0.400. The molecule has 16 heavy (non-hydrogen) atoms. The molecule has 6 heteroatoms. The lowest BCUT2D eigenvalue weighted by atomic mass is 10.3. The van der Waals surface area contributed by atoms with Gasteiger partial charge in [0, 0.05) is 6.61 Å². The third-order valence-electron chi connectivity index (χ3n) is 1.75. The molecule has 0 bridgehead atoms. The molecule has 0 spiro atoms. The van der Waals surface area contributed by atoms with Gasteiger partial charge in [0.25, 0.3) is 0 Å². The van der Waals surface area contributed by atoms with Gasteiger partial charge in [-0.3, -0.25) is 4.79 Å². The van der Waals surface area contributed by atoms with E-state index in [-0.39, 0.29) is 21.8 Å². The maximum absolute atomic E-state index is 13.6. The Bertz CT molecular complexity index is 401. The minimum absolute atomic E-state index is 0.0881. The number of nitrogens with one attached hydrogen (secondary N) is 1. The van der Waals surface area contributed by atoms with E-state index in [1.165, 1.54) is 12.1 Å². The third-order valence-corrected chi connectivity index (χ3v) is 3.44. The number of carbonyl (C=O) groups is 1. The van der Waals surface area contributed by atoms with Crippen molar-refractivity contribution in [3.05, 3.63) is 26.5 Å². The van der Waals surface area contributed by atoms with E-state index in [9.17, 15) is 9.18 Å². The lowest BCUT2D eigenvalue weighted by molar-refractivity contribution is -0.120. The zero-order valence-corrected chi connectivity index (χ0v) is 11.4. The van der Waals surface area contributed by atoms with Crippen LogP contribution in [0.5, 0.6) is 0 Å². The number of amides is 1. The Morgan fingerprint density at radius 1 is 1.62 bits per heavy atom. The number of rotatable bonds is 4. The molecule has 0 aromatic heterocycles. The van der Waals surface area contributed by atoms with E-state index in [4.69, 9.17) is 16.3 Å². The van der Waals surface area contributed by atoms with Crippen LogP contribution in [0.25, 0.3) is 0 Å². The molecule has 1 aromatic carbocycles. The Kier molecular flexibility index (Phi) is 5.43. The standard InChI is InChI=1S/C10H10ClFINO2/c1-2-16-5-8(15)14-7-4-3-6(11)10(13)9(7)12/h3-4H,2,5H2,1H3,(H,14,15). The number of hydrogen-bond acceptors (Lipinski definition) is 2. The summed E-state index contributed by atoms with van der Waals surface area (Å²) < 4.78 is 18.8. The van der Waals surface area contributed by atoms with Crippen LogP contribution in [0.3, 0.4) is 0 Å². The number of halogens is 3. The van der Waals surface area contributed by atoms with Crippen molar-refractivity contribution in [1.82, 2.24) is 0 Å². The summed E-state index contributed by atoms with van der Waals surface area (Å²) in [6.07, 6.45) is 0. The highest BCUT2D eigenvalue weighted by atomic mass is 127. The van der Waals surface area contributed by atoms with Crippen LogP contribution in [0.15, 0.2) is 12.1 Å². The summed E-state index contributed by atoms with van der Waals surface area (Å²) in [6.45, 7) is 2.13. The molecule has 0 radical (unpaired) electrons. The molecule has 0 aliphatic heterocycles. The van der Waals surface area contributed by atoms with E-state index in [0.717, 1.165) is 0 Å². The van der Waals surface area contributed by atoms with Gasteiger partial charge in [0.2, 0.25) is 5.91 Å². The van der Waals surface area contributed by atoms with Gasteiger partial charge in [0.15, 0.2) is 5.82 Å². The minimum Gasteiger partial charge on any atom is -0.372 e. The van der Waals surface area contributed by atoms with Crippen LogP contribution in [-0.2, 0) is 9.53 Å². The van der Waals surface area contributed by atoms with Crippen LogP contribution in [0.2, 0.25) is 5.02 Å². The zero-order valence-electron chi connectivity index (χ0n) is 8.52. The van der Waals surface area contributed by atoms with Crippen molar-refractivity contribution in [3.8, 4) is 0 Å². The average Bonchev–Trinajstić information content (AvgIpc) is 2.27. The molecule has 0 aliphatic rings. The summed E-state index contributed by atoms with van der Waals surface area (Å²) >= 11 is 7.50. The highest BCUT2D eigenvalue weighted by Crippen LogP contribution is 2.26. The van der Waals surface area contributed by atoms with Gasteiger partial charge in [-0.25, -0.2) is 4.39 Å². The lowest BCUT2D eigenvalue weighted by Crippen LogP contribution is -2.19. The van der Waals surface area contributed by atoms with Gasteiger partial charge >= 0.3 is 0 Å². The van der Waals surface area contributed by atoms with Crippen LogP contribution >= 0.6 is 34.2 Å². The highest BCUT2D eigenvalue weighted by Gasteiger charge is 2.12. The SMILES string of the molecule is CCOCC(=O)Nc1ccc(Cl)c(I)c1F. The predicted octanol–water partition coefficient (Wildman–Crippen LogP) is 3.06. The van der Waals surface area contributed by atoms with Gasteiger partial charge in [-0.1, -0.05) is 11.6 Å². The molecule has 1 rings (SSSR count). The smallest absolute Gasteiger partial charge is 0.250 e. The van der Waals surface area contributed by atoms with Crippen LogP contribution in [0, 0.1) is 9.39 Å². The van der Waals surface area contributed by atoms with Gasteiger partial charge in [-0.2, -0.15) is 0 Å². The third kappa shape index (κ3) is 3.57. The molecule has 0 saturated heterocycles. The van der Waals surface area contributed by atoms with Crippen molar-refractivity contribution < 1.29 is 13.9 Å². The summed E-state index contributed by atoms with van der Waals surface area (Å²) in [5.41, 5.74) is 0.110. The first-order chi connectivity index (χ1) is 7.56. The van der Waals surface area contributed by atoms with Crippen LogP contribution in [-0.4, -0.2) is 19.1 Å². The topological polar surface area (TPSA) is 38.3 Å². The molecule has 1 N–H and O–H groups in total.